The predicted molar refractivity (Wildman–Crippen MR) is 118 cm³/mol. The lowest BCUT2D eigenvalue weighted by molar-refractivity contribution is -0.126. The molecule has 4 N–H and O–H groups in total. The molecule has 2 heterocycles. The summed E-state index contributed by atoms with van der Waals surface area (Å²) in [6.45, 7) is 0.564. The zero-order chi connectivity index (χ0) is 22.3. The number of ether oxygens (including phenoxy) is 3. The van der Waals surface area contributed by atoms with E-state index < -0.39 is 6.10 Å². The summed E-state index contributed by atoms with van der Waals surface area (Å²) in [6.07, 6.45) is 7.10. The van der Waals surface area contributed by atoms with Gasteiger partial charge >= 0.3 is 6.03 Å². The summed E-state index contributed by atoms with van der Waals surface area (Å²) in [5.41, 5.74) is 0.593. The summed E-state index contributed by atoms with van der Waals surface area (Å²) in [4.78, 5) is 24.7. The van der Waals surface area contributed by atoms with Crippen molar-refractivity contribution in [3.05, 3.63) is 18.2 Å². The van der Waals surface area contributed by atoms with Crippen LogP contribution < -0.4 is 25.4 Å². The minimum absolute atomic E-state index is 0.0474. The molecular formula is C23H33N3O6. The number of fused-ring (bicyclic) bond motifs is 1. The van der Waals surface area contributed by atoms with Crippen molar-refractivity contribution in [1.82, 2.24) is 10.6 Å². The molecule has 9 heteroatoms. The van der Waals surface area contributed by atoms with E-state index in [1.165, 1.54) is 6.42 Å². The van der Waals surface area contributed by atoms with Gasteiger partial charge in [0, 0.05) is 24.2 Å². The average molecular weight is 448 g/mol. The summed E-state index contributed by atoms with van der Waals surface area (Å²) >= 11 is 0. The maximum Gasteiger partial charge on any atom is 0.319 e. The van der Waals surface area contributed by atoms with Crippen molar-refractivity contribution < 1.29 is 28.9 Å². The number of aliphatic hydroxyl groups is 1. The molecule has 2 fully saturated rings. The Morgan fingerprint density at radius 1 is 1.03 bits per heavy atom. The number of hydrogen-bond acceptors (Lipinski definition) is 6. The second kappa shape index (κ2) is 10.9. The van der Waals surface area contributed by atoms with E-state index in [0.29, 0.717) is 36.6 Å². The highest BCUT2D eigenvalue weighted by Gasteiger charge is 2.32. The van der Waals surface area contributed by atoms with Crippen LogP contribution in [0.25, 0.3) is 0 Å². The highest BCUT2D eigenvalue weighted by atomic mass is 16.7. The molecule has 0 aromatic heterocycles. The number of amides is 3. The SMILES string of the molecule is O=C(Nc1ccc2c(c1)OCO2)N[C@H]1CC[C@H](CCNC(=O)C2CCCCC2)O[C@H]1CO. The number of benzene rings is 1. The summed E-state index contributed by atoms with van der Waals surface area (Å²) in [5.74, 6) is 1.55. The van der Waals surface area contributed by atoms with Gasteiger partial charge in [-0.2, -0.15) is 0 Å². The van der Waals surface area contributed by atoms with Crippen LogP contribution in [0.5, 0.6) is 11.5 Å². The van der Waals surface area contributed by atoms with Crippen molar-refractivity contribution in [2.45, 2.75) is 69.6 Å². The maximum atomic E-state index is 12.4. The smallest absolute Gasteiger partial charge is 0.319 e. The van der Waals surface area contributed by atoms with Crippen LogP contribution in [-0.2, 0) is 9.53 Å². The number of anilines is 1. The summed E-state index contributed by atoms with van der Waals surface area (Å²) in [5, 5.41) is 18.5. The Morgan fingerprint density at radius 2 is 1.84 bits per heavy atom. The number of aliphatic hydroxyl groups excluding tert-OH is 1. The average Bonchev–Trinajstić information content (AvgIpc) is 3.28. The van der Waals surface area contributed by atoms with E-state index in [0.717, 1.165) is 32.1 Å². The minimum Gasteiger partial charge on any atom is -0.454 e. The topological polar surface area (TPSA) is 118 Å². The Morgan fingerprint density at radius 3 is 2.66 bits per heavy atom. The van der Waals surface area contributed by atoms with Crippen molar-refractivity contribution >= 4 is 17.6 Å². The number of rotatable bonds is 7. The van der Waals surface area contributed by atoms with Crippen LogP contribution in [0.3, 0.4) is 0 Å². The number of nitrogens with one attached hydrogen (secondary N) is 3. The fraction of sp³-hybridized carbons (Fsp3) is 0.652. The first-order chi connectivity index (χ1) is 15.6. The third kappa shape index (κ3) is 5.83. The molecule has 0 unspecified atom stereocenters. The third-order valence-electron chi connectivity index (χ3n) is 6.48. The number of carbonyl (C=O) groups excluding carboxylic acids is 2. The molecule has 0 spiro atoms. The Hall–Kier alpha value is -2.52. The van der Waals surface area contributed by atoms with Crippen molar-refractivity contribution in [3.8, 4) is 11.5 Å². The van der Waals surface area contributed by atoms with Gasteiger partial charge < -0.3 is 35.3 Å². The largest absolute Gasteiger partial charge is 0.454 e. The quantitative estimate of drug-likeness (QED) is 0.510. The monoisotopic (exact) mass is 447 g/mol. The van der Waals surface area contributed by atoms with Crippen LogP contribution in [0.1, 0.15) is 51.4 Å². The third-order valence-corrected chi connectivity index (χ3v) is 6.48. The summed E-state index contributed by atoms with van der Waals surface area (Å²) in [6, 6.07) is 4.54. The highest BCUT2D eigenvalue weighted by Crippen LogP contribution is 2.34. The molecule has 1 saturated carbocycles. The zero-order valence-corrected chi connectivity index (χ0v) is 18.3. The van der Waals surface area contributed by atoms with E-state index in [2.05, 4.69) is 16.0 Å². The van der Waals surface area contributed by atoms with Crippen LogP contribution >= 0.6 is 0 Å². The molecule has 32 heavy (non-hydrogen) atoms. The molecule has 3 aliphatic rings. The fourth-order valence-electron chi connectivity index (χ4n) is 4.68. The van der Waals surface area contributed by atoms with Crippen LogP contribution in [0.15, 0.2) is 18.2 Å². The van der Waals surface area contributed by atoms with E-state index >= 15 is 0 Å². The molecule has 1 aromatic rings. The minimum atomic E-state index is -0.481. The van der Waals surface area contributed by atoms with E-state index in [-0.39, 0.29) is 43.4 Å². The van der Waals surface area contributed by atoms with E-state index in [1.807, 2.05) is 0 Å². The Labute approximate surface area is 188 Å². The van der Waals surface area contributed by atoms with Gasteiger partial charge in [0.2, 0.25) is 12.7 Å². The van der Waals surface area contributed by atoms with Gasteiger partial charge in [0.15, 0.2) is 11.5 Å². The molecule has 3 amide bonds. The molecule has 0 radical (unpaired) electrons. The van der Waals surface area contributed by atoms with Crippen LogP contribution in [-0.4, -0.2) is 55.2 Å². The highest BCUT2D eigenvalue weighted by molar-refractivity contribution is 5.90. The Bertz CT molecular complexity index is 798. The first-order valence-electron chi connectivity index (χ1n) is 11.6. The summed E-state index contributed by atoms with van der Waals surface area (Å²) < 4.78 is 16.6. The lowest BCUT2D eigenvalue weighted by Gasteiger charge is -2.36. The lowest BCUT2D eigenvalue weighted by Crippen LogP contribution is -2.52. The van der Waals surface area contributed by atoms with Crippen molar-refractivity contribution in [3.63, 3.8) is 0 Å². The predicted octanol–water partition coefficient (Wildman–Crippen LogP) is 2.53. The molecule has 176 valence electrons. The maximum absolute atomic E-state index is 12.4. The Kier molecular flexibility index (Phi) is 7.70. The van der Waals surface area contributed by atoms with Gasteiger partial charge in [-0.1, -0.05) is 19.3 Å². The molecule has 2 aliphatic heterocycles. The number of urea groups is 1. The van der Waals surface area contributed by atoms with Crippen LogP contribution in [0.4, 0.5) is 10.5 Å². The Balaban J connectivity index is 1.19. The van der Waals surface area contributed by atoms with Crippen LogP contribution in [0.2, 0.25) is 0 Å². The summed E-state index contributed by atoms with van der Waals surface area (Å²) in [7, 11) is 0. The first kappa shape index (κ1) is 22.7. The van der Waals surface area contributed by atoms with Gasteiger partial charge in [-0.15, -0.1) is 0 Å². The van der Waals surface area contributed by atoms with E-state index in [1.54, 1.807) is 18.2 Å². The van der Waals surface area contributed by atoms with Gasteiger partial charge in [0.1, 0.15) is 6.10 Å². The normalized spacial score (nSPS) is 25.2. The molecule has 1 saturated heterocycles. The van der Waals surface area contributed by atoms with Gasteiger partial charge in [0.25, 0.3) is 0 Å². The first-order valence-corrected chi connectivity index (χ1v) is 11.6. The molecular weight excluding hydrogens is 414 g/mol. The van der Waals surface area contributed by atoms with E-state index in [4.69, 9.17) is 14.2 Å². The van der Waals surface area contributed by atoms with Crippen molar-refractivity contribution in [2.75, 3.05) is 25.3 Å². The zero-order valence-electron chi connectivity index (χ0n) is 18.3. The standard InChI is InChI=1S/C23H33N3O6/c27-13-21-18(26-23(29)25-16-6-9-19-20(12-16)31-14-30-19)8-7-17(32-21)10-11-24-22(28)15-4-2-1-3-5-15/h6,9,12,15,17-18,21,27H,1-5,7-8,10-11,13-14H2,(H,24,28)(H2,25,26,29)/t17-,18+,21+/m1/s1. The van der Waals surface area contributed by atoms with Crippen molar-refractivity contribution in [1.29, 1.82) is 0 Å². The van der Waals surface area contributed by atoms with Gasteiger partial charge in [-0.25, -0.2) is 4.79 Å². The number of carbonyl (C=O) groups is 2. The van der Waals surface area contributed by atoms with Gasteiger partial charge in [0.05, 0.1) is 18.8 Å². The van der Waals surface area contributed by atoms with Gasteiger partial charge in [-0.05, 0) is 44.2 Å². The second-order valence-corrected chi connectivity index (χ2v) is 8.74. The number of hydrogen-bond donors (Lipinski definition) is 4. The van der Waals surface area contributed by atoms with Crippen molar-refractivity contribution in [2.24, 2.45) is 5.92 Å². The second-order valence-electron chi connectivity index (χ2n) is 8.74. The molecule has 4 rings (SSSR count). The van der Waals surface area contributed by atoms with Gasteiger partial charge in [-0.3, -0.25) is 4.79 Å². The fourth-order valence-corrected chi connectivity index (χ4v) is 4.68. The lowest BCUT2D eigenvalue weighted by atomic mass is 9.88. The van der Waals surface area contributed by atoms with E-state index in [9.17, 15) is 14.7 Å². The molecule has 1 aliphatic carbocycles. The molecule has 9 nitrogen and oxygen atoms in total. The molecule has 1 aromatic carbocycles. The van der Waals surface area contributed by atoms with Crippen LogP contribution in [0, 0.1) is 5.92 Å². The molecule has 3 atom stereocenters. The molecule has 0 bridgehead atoms.